The van der Waals surface area contributed by atoms with Crippen LogP contribution in [0.25, 0.3) is 10.8 Å². The van der Waals surface area contributed by atoms with Crippen molar-refractivity contribution in [3.63, 3.8) is 0 Å². The van der Waals surface area contributed by atoms with Crippen LogP contribution in [0.4, 0.5) is 5.69 Å². The molecule has 2 N–H and O–H groups in total. The molecule has 0 saturated carbocycles. The van der Waals surface area contributed by atoms with Crippen molar-refractivity contribution in [1.82, 2.24) is 19.7 Å². The van der Waals surface area contributed by atoms with Gasteiger partial charge in [-0.1, -0.05) is 30.3 Å². The molecule has 0 aliphatic carbocycles. The Hall–Kier alpha value is -3.49. The molecular formula is C25H27N5O3. The van der Waals surface area contributed by atoms with Crippen LogP contribution in [0.15, 0.2) is 59.7 Å². The Morgan fingerprint density at radius 2 is 1.85 bits per heavy atom. The van der Waals surface area contributed by atoms with Crippen molar-refractivity contribution in [3.05, 3.63) is 87.9 Å². The third-order valence-corrected chi connectivity index (χ3v) is 6.12. The number of nitrogens with one attached hydrogen (secondary N) is 2. The van der Waals surface area contributed by atoms with Crippen LogP contribution in [0.3, 0.4) is 0 Å². The highest BCUT2D eigenvalue weighted by Gasteiger charge is 2.37. The first-order chi connectivity index (χ1) is 16.1. The molecule has 8 heteroatoms. The van der Waals surface area contributed by atoms with Gasteiger partial charge < -0.3 is 19.4 Å². The fourth-order valence-corrected chi connectivity index (χ4v) is 4.63. The van der Waals surface area contributed by atoms with E-state index in [4.69, 9.17) is 9.47 Å². The molecule has 33 heavy (non-hydrogen) atoms. The SMILES string of the molecule is CCOC(OCC)c1ccc(C2Nc3cccc4c(=O)[nH]nc(c34)C2c2nccn2C)cc1. The lowest BCUT2D eigenvalue weighted by atomic mass is 9.83. The van der Waals surface area contributed by atoms with Crippen molar-refractivity contribution in [2.45, 2.75) is 32.1 Å². The maximum absolute atomic E-state index is 12.5. The van der Waals surface area contributed by atoms with Gasteiger partial charge in [0.1, 0.15) is 5.82 Å². The number of H-pyrrole nitrogens is 1. The van der Waals surface area contributed by atoms with Gasteiger partial charge in [0, 0.05) is 49.3 Å². The third-order valence-electron chi connectivity index (χ3n) is 6.12. The molecule has 0 saturated heterocycles. The van der Waals surface area contributed by atoms with E-state index in [1.54, 1.807) is 6.20 Å². The zero-order valence-corrected chi connectivity index (χ0v) is 18.9. The summed E-state index contributed by atoms with van der Waals surface area (Å²) < 4.78 is 13.5. The summed E-state index contributed by atoms with van der Waals surface area (Å²) in [7, 11) is 1.97. The molecule has 0 spiro atoms. The summed E-state index contributed by atoms with van der Waals surface area (Å²) in [6.07, 6.45) is 3.32. The van der Waals surface area contributed by atoms with Crippen molar-refractivity contribution < 1.29 is 9.47 Å². The summed E-state index contributed by atoms with van der Waals surface area (Å²) in [5, 5.41) is 12.3. The van der Waals surface area contributed by atoms with Crippen LogP contribution in [-0.2, 0) is 16.5 Å². The fourth-order valence-electron chi connectivity index (χ4n) is 4.63. The topological polar surface area (TPSA) is 94.1 Å². The number of benzene rings is 2. The number of hydrogen-bond acceptors (Lipinski definition) is 6. The number of imidazole rings is 1. The molecule has 0 radical (unpaired) electrons. The average molecular weight is 446 g/mol. The number of ether oxygens (including phenoxy) is 2. The van der Waals surface area contributed by atoms with E-state index in [1.807, 2.05) is 62.0 Å². The summed E-state index contributed by atoms with van der Waals surface area (Å²) in [6, 6.07) is 13.8. The van der Waals surface area contributed by atoms with Crippen LogP contribution in [-0.4, -0.2) is 33.0 Å². The number of rotatable bonds is 7. The van der Waals surface area contributed by atoms with Crippen molar-refractivity contribution in [2.24, 2.45) is 7.05 Å². The van der Waals surface area contributed by atoms with E-state index in [1.165, 1.54) is 0 Å². The summed E-state index contributed by atoms with van der Waals surface area (Å²) in [5.74, 6) is 0.674. The quantitative estimate of drug-likeness (QED) is 0.417. The largest absolute Gasteiger partial charge is 0.377 e. The van der Waals surface area contributed by atoms with Gasteiger partial charge in [0.2, 0.25) is 0 Å². The predicted molar refractivity (Wildman–Crippen MR) is 126 cm³/mol. The Kier molecular flexibility index (Phi) is 5.70. The van der Waals surface area contributed by atoms with Gasteiger partial charge >= 0.3 is 0 Å². The molecule has 0 bridgehead atoms. The number of aromatic amines is 1. The van der Waals surface area contributed by atoms with Crippen LogP contribution in [0.1, 0.15) is 54.7 Å². The Labute approximate surface area is 191 Å². The monoisotopic (exact) mass is 445 g/mol. The Bertz CT molecular complexity index is 1320. The van der Waals surface area contributed by atoms with E-state index < -0.39 is 0 Å². The van der Waals surface area contributed by atoms with Crippen molar-refractivity contribution in [3.8, 4) is 0 Å². The zero-order chi connectivity index (χ0) is 22.9. The van der Waals surface area contributed by atoms with Crippen molar-refractivity contribution >= 4 is 16.5 Å². The number of nitrogens with zero attached hydrogens (tertiary/aromatic N) is 3. The van der Waals surface area contributed by atoms with Gasteiger partial charge in [-0.3, -0.25) is 4.79 Å². The summed E-state index contributed by atoms with van der Waals surface area (Å²) >= 11 is 0. The van der Waals surface area contributed by atoms with E-state index >= 15 is 0 Å². The second-order valence-electron chi connectivity index (χ2n) is 8.07. The van der Waals surface area contributed by atoms with E-state index in [0.717, 1.165) is 33.7 Å². The molecular weight excluding hydrogens is 418 g/mol. The van der Waals surface area contributed by atoms with Gasteiger partial charge in [-0.2, -0.15) is 5.10 Å². The van der Waals surface area contributed by atoms with Crippen LogP contribution in [0, 0.1) is 0 Å². The summed E-state index contributed by atoms with van der Waals surface area (Å²) in [5.41, 5.74) is 3.55. The smallest absolute Gasteiger partial charge is 0.272 e. The lowest BCUT2D eigenvalue weighted by molar-refractivity contribution is -0.140. The molecule has 2 unspecified atom stereocenters. The summed E-state index contributed by atoms with van der Waals surface area (Å²) in [4.78, 5) is 17.1. The van der Waals surface area contributed by atoms with Gasteiger partial charge in [-0.25, -0.2) is 10.1 Å². The van der Waals surface area contributed by atoms with Crippen molar-refractivity contribution in [2.75, 3.05) is 18.5 Å². The normalized spacial score (nSPS) is 17.5. The van der Waals surface area contributed by atoms with Gasteiger partial charge in [0.05, 0.1) is 23.0 Å². The summed E-state index contributed by atoms with van der Waals surface area (Å²) in [6.45, 7) is 5.06. The fraction of sp³-hybridized carbons (Fsp3) is 0.320. The van der Waals surface area contributed by atoms with Crippen LogP contribution in [0.5, 0.6) is 0 Å². The van der Waals surface area contributed by atoms with Crippen LogP contribution < -0.4 is 10.9 Å². The molecule has 1 aliphatic heterocycles. The maximum atomic E-state index is 12.5. The number of hydrogen-bond donors (Lipinski definition) is 2. The minimum atomic E-state index is -0.389. The first-order valence-electron chi connectivity index (χ1n) is 11.2. The highest BCUT2D eigenvalue weighted by molar-refractivity contribution is 5.97. The molecule has 1 aliphatic rings. The molecule has 3 heterocycles. The molecule has 5 rings (SSSR count). The number of aryl methyl sites for hydroxylation is 1. The maximum Gasteiger partial charge on any atom is 0.272 e. The van der Waals surface area contributed by atoms with E-state index in [-0.39, 0.29) is 23.8 Å². The predicted octanol–water partition coefficient (Wildman–Crippen LogP) is 4.03. The second-order valence-corrected chi connectivity index (χ2v) is 8.07. The molecule has 2 aromatic carbocycles. The molecule has 2 atom stereocenters. The highest BCUT2D eigenvalue weighted by atomic mass is 16.7. The molecule has 170 valence electrons. The first-order valence-corrected chi connectivity index (χ1v) is 11.2. The van der Waals surface area contributed by atoms with E-state index in [0.29, 0.717) is 18.6 Å². The molecule has 0 fully saturated rings. The second kappa shape index (κ2) is 8.80. The lowest BCUT2D eigenvalue weighted by Gasteiger charge is -2.34. The van der Waals surface area contributed by atoms with E-state index in [2.05, 4.69) is 32.6 Å². The Morgan fingerprint density at radius 1 is 1.09 bits per heavy atom. The minimum absolute atomic E-state index is 0.130. The molecule has 8 nitrogen and oxygen atoms in total. The van der Waals surface area contributed by atoms with E-state index in [9.17, 15) is 4.79 Å². The van der Waals surface area contributed by atoms with Gasteiger partial charge in [-0.05, 0) is 31.5 Å². The number of aromatic nitrogens is 4. The van der Waals surface area contributed by atoms with Crippen LogP contribution in [0.2, 0.25) is 0 Å². The van der Waals surface area contributed by atoms with Gasteiger partial charge in [0.25, 0.3) is 5.56 Å². The standard InChI is InChI=1S/C25H27N5O3/c1-4-32-25(33-5-2)16-11-9-15(10-12-16)21-20(23-26-13-14-30(23)3)22-19-17(24(31)29-28-22)7-6-8-18(19)27-21/h6-14,20-21,25,27H,4-5H2,1-3H3,(H,29,31). The van der Waals surface area contributed by atoms with Crippen molar-refractivity contribution in [1.29, 1.82) is 0 Å². The molecule has 4 aromatic rings. The first kappa shape index (κ1) is 21.4. The van der Waals surface area contributed by atoms with Gasteiger partial charge in [0.15, 0.2) is 6.29 Å². The Morgan fingerprint density at radius 3 is 2.52 bits per heavy atom. The molecule has 2 aromatic heterocycles. The highest BCUT2D eigenvalue weighted by Crippen LogP contribution is 2.45. The Balaban J connectivity index is 1.62. The minimum Gasteiger partial charge on any atom is -0.377 e. The number of anilines is 1. The third kappa shape index (κ3) is 3.71. The average Bonchev–Trinajstić information content (AvgIpc) is 3.26. The molecule has 0 amide bonds. The van der Waals surface area contributed by atoms with Crippen LogP contribution >= 0.6 is 0 Å². The lowest BCUT2D eigenvalue weighted by Crippen LogP contribution is -2.29. The van der Waals surface area contributed by atoms with Gasteiger partial charge in [-0.15, -0.1) is 0 Å². The zero-order valence-electron chi connectivity index (χ0n) is 18.9.